The van der Waals surface area contributed by atoms with Gasteiger partial charge in [0, 0.05) is 25.2 Å². The van der Waals surface area contributed by atoms with Gasteiger partial charge in [0.1, 0.15) is 11.9 Å². The molecule has 1 fully saturated rings. The molecule has 0 bridgehead atoms. The Morgan fingerprint density at radius 3 is 2.92 bits per heavy atom. The van der Waals surface area contributed by atoms with E-state index < -0.39 is 0 Å². The minimum absolute atomic E-state index is 0.0388. The Balaban J connectivity index is 1.56. The summed E-state index contributed by atoms with van der Waals surface area (Å²) in [6, 6.07) is 11.1. The van der Waals surface area contributed by atoms with E-state index in [0.29, 0.717) is 37.0 Å². The second-order valence-electron chi connectivity index (χ2n) is 6.01. The Kier molecular flexibility index (Phi) is 5.38. The van der Waals surface area contributed by atoms with Crippen LogP contribution in [0.2, 0.25) is 0 Å². The van der Waals surface area contributed by atoms with Gasteiger partial charge in [0.25, 0.3) is 0 Å². The Bertz CT molecular complexity index is 718. The van der Waals surface area contributed by atoms with Crippen molar-refractivity contribution < 1.29 is 14.3 Å². The van der Waals surface area contributed by atoms with Gasteiger partial charge in [-0.3, -0.25) is 0 Å². The molecule has 1 aromatic heterocycles. The van der Waals surface area contributed by atoms with Gasteiger partial charge in [-0.2, -0.15) is 0 Å². The molecule has 1 atom stereocenters. The van der Waals surface area contributed by atoms with Gasteiger partial charge in [0.05, 0.1) is 18.8 Å². The number of carbonyl (C=O) groups is 1. The molecule has 1 aliphatic rings. The standard InChI is InChI=1S/C19H23N3O3/c1-3-24-17-7-5-4-6-16(17)21-19(23)22-11-10-15(13-22)25-18-9-8-14(2)12-20-18/h4-9,12,15H,3,10-11,13H2,1-2H3,(H,21,23)/t15-/m0/s1. The van der Waals surface area contributed by atoms with E-state index in [-0.39, 0.29) is 12.1 Å². The van der Waals surface area contributed by atoms with Gasteiger partial charge in [0.15, 0.2) is 0 Å². The third kappa shape index (κ3) is 4.41. The summed E-state index contributed by atoms with van der Waals surface area (Å²) < 4.78 is 11.4. The summed E-state index contributed by atoms with van der Waals surface area (Å²) in [4.78, 5) is 18.5. The van der Waals surface area contributed by atoms with E-state index in [2.05, 4.69) is 10.3 Å². The molecule has 0 aliphatic carbocycles. The summed E-state index contributed by atoms with van der Waals surface area (Å²) >= 11 is 0. The number of aryl methyl sites for hydroxylation is 1. The largest absolute Gasteiger partial charge is 0.492 e. The monoisotopic (exact) mass is 341 g/mol. The molecular weight excluding hydrogens is 318 g/mol. The van der Waals surface area contributed by atoms with Crippen LogP contribution in [0.3, 0.4) is 0 Å². The lowest BCUT2D eigenvalue weighted by atomic mass is 10.3. The molecule has 1 N–H and O–H groups in total. The highest BCUT2D eigenvalue weighted by Crippen LogP contribution is 2.25. The summed E-state index contributed by atoms with van der Waals surface area (Å²) in [6.07, 6.45) is 2.53. The van der Waals surface area contributed by atoms with Gasteiger partial charge in [-0.05, 0) is 31.5 Å². The van der Waals surface area contributed by atoms with Gasteiger partial charge in [-0.15, -0.1) is 0 Å². The zero-order chi connectivity index (χ0) is 17.6. The van der Waals surface area contributed by atoms with Crippen LogP contribution < -0.4 is 14.8 Å². The summed E-state index contributed by atoms with van der Waals surface area (Å²) in [5.41, 5.74) is 1.77. The summed E-state index contributed by atoms with van der Waals surface area (Å²) in [5.74, 6) is 1.27. The van der Waals surface area contributed by atoms with Crippen molar-refractivity contribution in [2.75, 3.05) is 25.0 Å². The fourth-order valence-electron chi connectivity index (χ4n) is 2.75. The Labute approximate surface area is 147 Å². The van der Waals surface area contributed by atoms with Crippen molar-refractivity contribution in [2.24, 2.45) is 0 Å². The lowest BCUT2D eigenvalue weighted by Gasteiger charge is -2.19. The second-order valence-corrected chi connectivity index (χ2v) is 6.01. The van der Waals surface area contributed by atoms with E-state index in [4.69, 9.17) is 9.47 Å². The molecule has 25 heavy (non-hydrogen) atoms. The van der Waals surface area contributed by atoms with Crippen LogP contribution in [-0.2, 0) is 0 Å². The molecule has 3 rings (SSSR count). The van der Waals surface area contributed by atoms with E-state index >= 15 is 0 Å². The number of pyridine rings is 1. The Morgan fingerprint density at radius 2 is 2.16 bits per heavy atom. The molecular formula is C19H23N3O3. The molecule has 1 saturated heterocycles. The molecule has 1 aliphatic heterocycles. The number of anilines is 1. The second kappa shape index (κ2) is 7.88. The predicted octanol–water partition coefficient (Wildman–Crippen LogP) is 3.47. The highest BCUT2D eigenvalue weighted by atomic mass is 16.5. The smallest absolute Gasteiger partial charge is 0.322 e. The minimum atomic E-state index is -0.143. The van der Waals surface area contributed by atoms with Crippen LogP contribution >= 0.6 is 0 Å². The highest BCUT2D eigenvalue weighted by Gasteiger charge is 2.28. The van der Waals surface area contributed by atoms with Crippen molar-refractivity contribution in [3.05, 3.63) is 48.2 Å². The zero-order valence-electron chi connectivity index (χ0n) is 14.6. The van der Waals surface area contributed by atoms with Crippen LogP contribution in [-0.4, -0.2) is 41.7 Å². The molecule has 2 heterocycles. The number of amides is 2. The number of benzene rings is 1. The predicted molar refractivity (Wildman–Crippen MR) is 96.2 cm³/mol. The van der Waals surface area contributed by atoms with Crippen LogP contribution in [0, 0.1) is 6.92 Å². The fourth-order valence-corrected chi connectivity index (χ4v) is 2.75. The zero-order valence-corrected chi connectivity index (χ0v) is 14.6. The summed E-state index contributed by atoms with van der Waals surface area (Å²) in [6.45, 7) is 5.64. The van der Waals surface area contributed by atoms with Gasteiger partial charge in [0.2, 0.25) is 5.88 Å². The number of para-hydroxylation sites is 2. The number of carbonyl (C=O) groups excluding carboxylic acids is 1. The first-order chi connectivity index (χ1) is 12.2. The van der Waals surface area contributed by atoms with Crippen molar-refractivity contribution in [2.45, 2.75) is 26.4 Å². The molecule has 0 spiro atoms. The maximum atomic E-state index is 12.5. The SMILES string of the molecule is CCOc1ccccc1NC(=O)N1CC[C@H](Oc2ccc(C)cn2)C1. The van der Waals surface area contributed by atoms with Crippen molar-refractivity contribution >= 4 is 11.7 Å². The number of likely N-dealkylation sites (tertiary alicyclic amines) is 1. The third-order valence-electron chi connectivity index (χ3n) is 4.03. The van der Waals surface area contributed by atoms with Gasteiger partial charge in [-0.1, -0.05) is 18.2 Å². The molecule has 0 radical (unpaired) electrons. The number of hydrogen-bond acceptors (Lipinski definition) is 4. The van der Waals surface area contributed by atoms with Crippen molar-refractivity contribution in [1.29, 1.82) is 0 Å². The highest BCUT2D eigenvalue weighted by molar-refractivity contribution is 5.91. The van der Waals surface area contributed by atoms with Crippen molar-refractivity contribution in [3.63, 3.8) is 0 Å². The normalized spacial score (nSPS) is 16.6. The van der Waals surface area contributed by atoms with E-state index in [1.165, 1.54) is 0 Å². The quantitative estimate of drug-likeness (QED) is 0.904. The van der Waals surface area contributed by atoms with Crippen LogP contribution in [0.15, 0.2) is 42.6 Å². The fraction of sp³-hybridized carbons (Fsp3) is 0.368. The van der Waals surface area contributed by atoms with Crippen LogP contribution in [0.25, 0.3) is 0 Å². The number of urea groups is 1. The summed E-state index contributed by atoms with van der Waals surface area (Å²) in [5, 5.41) is 2.92. The molecule has 2 aromatic rings. The molecule has 2 amide bonds. The number of aromatic nitrogens is 1. The maximum absolute atomic E-state index is 12.5. The lowest BCUT2D eigenvalue weighted by Crippen LogP contribution is -2.34. The Morgan fingerprint density at radius 1 is 1.32 bits per heavy atom. The van der Waals surface area contributed by atoms with Gasteiger partial charge >= 0.3 is 6.03 Å². The summed E-state index contributed by atoms with van der Waals surface area (Å²) in [7, 11) is 0. The first kappa shape index (κ1) is 17.1. The lowest BCUT2D eigenvalue weighted by molar-refractivity contribution is 0.190. The number of ether oxygens (including phenoxy) is 2. The molecule has 0 unspecified atom stereocenters. The first-order valence-corrected chi connectivity index (χ1v) is 8.52. The molecule has 6 heteroatoms. The maximum Gasteiger partial charge on any atom is 0.322 e. The molecule has 1 aromatic carbocycles. The first-order valence-electron chi connectivity index (χ1n) is 8.52. The Hall–Kier alpha value is -2.76. The third-order valence-corrected chi connectivity index (χ3v) is 4.03. The number of rotatable bonds is 5. The number of hydrogen-bond donors (Lipinski definition) is 1. The molecule has 6 nitrogen and oxygen atoms in total. The van der Waals surface area contributed by atoms with Crippen LogP contribution in [0.4, 0.5) is 10.5 Å². The van der Waals surface area contributed by atoms with Gasteiger partial charge in [-0.25, -0.2) is 9.78 Å². The van der Waals surface area contributed by atoms with E-state index in [1.54, 1.807) is 11.1 Å². The van der Waals surface area contributed by atoms with Crippen molar-refractivity contribution in [1.82, 2.24) is 9.88 Å². The van der Waals surface area contributed by atoms with Crippen molar-refractivity contribution in [3.8, 4) is 11.6 Å². The number of nitrogens with one attached hydrogen (secondary N) is 1. The molecule has 0 saturated carbocycles. The van der Waals surface area contributed by atoms with Gasteiger partial charge < -0.3 is 19.7 Å². The van der Waals surface area contributed by atoms with E-state index in [1.807, 2.05) is 50.2 Å². The van der Waals surface area contributed by atoms with Crippen LogP contribution in [0.5, 0.6) is 11.6 Å². The van der Waals surface area contributed by atoms with E-state index in [9.17, 15) is 4.79 Å². The number of nitrogens with zero attached hydrogens (tertiary/aromatic N) is 2. The minimum Gasteiger partial charge on any atom is -0.492 e. The van der Waals surface area contributed by atoms with E-state index in [0.717, 1.165) is 12.0 Å². The average Bonchev–Trinajstić information content (AvgIpc) is 3.08. The molecule has 132 valence electrons. The average molecular weight is 341 g/mol. The van der Waals surface area contributed by atoms with Crippen LogP contribution in [0.1, 0.15) is 18.9 Å². The topological polar surface area (TPSA) is 63.7 Å².